The Morgan fingerprint density at radius 2 is 2.05 bits per heavy atom. The van der Waals surface area contributed by atoms with Gasteiger partial charge >= 0.3 is 5.97 Å². The number of rotatable bonds is 4. The van der Waals surface area contributed by atoms with E-state index in [1.807, 2.05) is 0 Å². The van der Waals surface area contributed by atoms with Crippen molar-refractivity contribution in [3.8, 4) is 0 Å². The predicted molar refractivity (Wildman–Crippen MR) is 81.3 cm³/mol. The summed E-state index contributed by atoms with van der Waals surface area (Å²) in [7, 11) is 0.713. The van der Waals surface area contributed by atoms with Crippen LogP contribution in [0.1, 0.15) is 15.9 Å². The number of esters is 1. The Morgan fingerprint density at radius 1 is 1.36 bits per heavy atom. The minimum absolute atomic E-state index is 0.131. The molecule has 8 heteroatoms. The van der Waals surface area contributed by atoms with Crippen LogP contribution in [0.5, 0.6) is 0 Å². The zero-order chi connectivity index (χ0) is 16.5. The number of benzene rings is 1. The Kier molecular flexibility index (Phi) is 4.23. The molecule has 0 amide bonds. The number of nitrogens with zero attached hydrogens (tertiary/aromatic N) is 3. The van der Waals surface area contributed by atoms with Gasteiger partial charge in [-0.25, -0.2) is 13.2 Å². The number of hydrogen-bond acceptors (Lipinski definition) is 5. The smallest absolute Gasteiger partial charge is 0.337 e. The van der Waals surface area contributed by atoms with Crippen molar-refractivity contribution in [1.82, 2.24) is 9.78 Å². The molecule has 22 heavy (non-hydrogen) atoms. The van der Waals surface area contributed by atoms with E-state index in [1.54, 1.807) is 20.2 Å². The van der Waals surface area contributed by atoms with Crippen LogP contribution < -0.4 is 4.31 Å². The number of aryl methyl sites for hydroxylation is 2. The molecule has 0 saturated carbocycles. The number of methoxy groups -OCH3 is 1. The summed E-state index contributed by atoms with van der Waals surface area (Å²) in [5, 5.41) is 3.97. The highest BCUT2D eigenvalue weighted by Gasteiger charge is 2.24. The van der Waals surface area contributed by atoms with Crippen LogP contribution in [0.4, 0.5) is 5.69 Å². The molecule has 2 aromatic rings. The number of ether oxygens (including phenoxy) is 1. The summed E-state index contributed by atoms with van der Waals surface area (Å²) in [4.78, 5) is 11.6. The summed E-state index contributed by atoms with van der Waals surface area (Å²) in [6.45, 7) is 1.64. The highest BCUT2D eigenvalue weighted by molar-refractivity contribution is 7.92. The van der Waals surface area contributed by atoms with E-state index in [2.05, 4.69) is 9.84 Å². The lowest BCUT2D eigenvalue weighted by atomic mass is 10.1. The zero-order valence-electron chi connectivity index (χ0n) is 12.8. The molecule has 0 saturated heterocycles. The third-order valence-corrected chi connectivity index (χ3v) is 5.24. The summed E-state index contributed by atoms with van der Waals surface area (Å²) in [6.07, 6.45) is 3.07. The normalized spacial score (nSPS) is 11.3. The summed E-state index contributed by atoms with van der Waals surface area (Å²) in [5.41, 5.74) is 1.24. The van der Waals surface area contributed by atoms with Crippen molar-refractivity contribution in [2.45, 2.75) is 11.8 Å². The van der Waals surface area contributed by atoms with E-state index >= 15 is 0 Å². The van der Waals surface area contributed by atoms with Gasteiger partial charge in [-0.1, -0.05) is 0 Å². The van der Waals surface area contributed by atoms with Crippen LogP contribution in [0.15, 0.2) is 35.5 Å². The number of sulfonamides is 1. The Balaban J connectivity index is 2.43. The molecule has 0 aliphatic rings. The van der Waals surface area contributed by atoms with Crippen molar-refractivity contribution >= 4 is 21.7 Å². The van der Waals surface area contributed by atoms with Gasteiger partial charge in [0.15, 0.2) is 0 Å². The Bertz CT molecular complexity index is 811. The number of carbonyl (C=O) groups excluding carboxylic acids is 1. The average Bonchev–Trinajstić information content (AvgIpc) is 2.91. The first-order valence-electron chi connectivity index (χ1n) is 6.44. The third kappa shape index (κ3) is 2.82. The molecule has 118 valence electrons. The van der Waals surface area contributed by atoms with Crippen LogP contribution in [-0.4, -0.2) is 38.3 Å². The molecule has 2 rings (SSSR count). The Morgan fingerprint density at radius 3 is 2.55 bits per heavy atom. The molecule has 0 spiro atoms. The molecule has 1 heterocycles. The highest BCUT2D eigenvalue weighted by Crippen LogP contribution is 2.24. The number of hydrogen-bond donors (Lipinski definition) is 0. The summed E-state index contributed by atoms with van der Waals surface area (Å²) in [5.74, 6) is -0.507. The molecule has 0 aliphatic carbocycles. The van der Waals surface area contributed by atoms with Gasteiger partial charge in [-0.2, -0.15) is 5.10 Å². The standard InChI is InChI=1S/C14H17N3O4S/c1-10-7-11(14(18)21-4)5-6-13(10)22(19,20)17(3)12-8-15-16(2)9-12/h5-9H,1-4H3. The average molecular weight is 323 g/mol. The van der Waals surface area contributed by atoms with E-state index < -0.39 is 16.0 Å². The molecule has 0 radical (unpaired) electrons. The SMILES string of the molecule is COC(=O)c1ccc(S(=O)(=O)N(C)c2cnn(C)c2)c(C)c1. The lowest BCUT2D eigenvalue weighted by Gasteiger charge is -2.19. The van der Waals surface area contributed by atoms with Crippen LogP contribution in [0.2, 0.25) is 0 Å². The van der Waals surface area contributed by atoms with Gasteiger partial charge in [-0.3, -0.25) is 8.99 Å². The Labute approximate surface area is 129 Å². The minimum Gasteiger partial charge on any atom is -0.465 e. The molecule has 0 N–H and O–H groups in total. The largest absolute Gasteiger partial charge is 0.465 e. The molecule has 0 fully saturated rings. The van der Waals surface area contributed by atoms with Crippen molar-refractivity contribution < 1.29 is 17.9 Å². The summed E-state index contributed by atoms with van der Waals surface area (Å²) in [6, 6.07) is 4.34. The second-order valence-electron chi connectivity index (χ2n) is 4.82. The summed E-state index contributed by atoms with van der Waals surface area (Å²) < 4.78 is 32.7. The zero-order valence-corrected chi connectivity index (χ0v) is 13.6. The van der Waals surface area contributed by atoms with Crippen LogP contribution in [0.3, 0.4) is 0 Å². The van der Waals surface area contributed by atoms with Crippen molar-refractivity contribution in [2.75, 3.05) is 18.5 Å². The maximum absolute atomic E-state index is 12.7. The molecule has 0 unspecified atom stereocenters. The van der Waals surface area contributed by atoms with Gasteiger partial charge in [0, 0.05) is 20.3 Å². The predicted octanol–water partition coefficient (Wildman–Crippen LogP) is 1.34. The van der Waals surface area contributed by atoms with Crippen LogP contribution >= 0.6 is 0 Å². The van der Waals surface area contributed by atoms with Crippen LogP contribution in [0.25, 0.3) is 0 Å². The first-order chi connectivity index (χ1) is 10.3. The van der Waals surface area contributed by atoms with E-state index in [9.17, 15) is 13.2 Å². The van der Waals surface area contributed by atoms with Gasteiger partial charge in [0.1, 0.15) is 0 Å². The number of aromatic nitrogens is 2. The first-order valence-corrected chi connectivity index (χ1v) is 7.88. The van der Waals surface area contributed by atoms with Crippen molar-refractivity contribution in [1.29, 1.82) is 0 Å². The van der Waals surface area contributed by atoms with Gasteiger partial charge < -0.3 is 4.74 Å². The fourth-order valence-electron chi connectivity index (χ4n) is 2.04. The molecule has 1 aromatic carbocycles. The lowest BCUT2D eigenvalue weighted by molar-refractivity contribution is 0.0600. The highest BCUT2D eigenvalue weighted by atomic mass is 32.2. The summed E-state index contributed by atoms with van der Waals surface area (Å²) >= 11 is 0. The number of anilines is 1. The molecule has 1 aromatic heterocycles. The van der Waals surface area contributed by atoms with Gasteiger partial charge in [-0.05, 0) is 30.7 Å². The fourth-order valence-corrected chi connectivity index (χ4v) is 3.41. The van der Waals surface area contributed by atoms with E-state index in [-0.39, 0.29) is 4.90 Å². The molecule has 0 atom stereocenters. The molecule has 0 aliphatic heterocycles. The fraction of sp³-hybridized carbons (Fsp3) is 0.286. The van der Waals surface area contributed by atoms with E-state index in [0.717, 1.165) is 4.31 Å². The lowest BCUT2D eigenvalue weighted by Crippen LogP contribution is -2.27. The molecule has 7 nitrogen and oxygen atoms in total. The Hall–Kier alpha value is -2.35. The van der Waals surface area contributed by atoms with Crippen molar-refractivity contribution in [2.24, 2.45) is 7.05 Å². The van der Waals surface area contributed by atoms with Gasteiger partial charge in [0.2, 0.25) is 0 Å². The third-order valence-electron chi connectivity index (χ3n) is 3.29. The topological polar surface area (TPSA) is 81.5 Å². The molecular weight excluding hydrogens is 306 g/mol. The maximum Gasteiger partial charge on any atom is 0.337 e. The van der Waals surface area contributed by atoms with Crippen LogP contribution in [0, 0.1) is 6.92 Å². The molecule has 0 bridgehead atoms. The van der Waals surface area contributed by atoms with Crippen LogP contribution in [-0.2, 0) is 21.8 Å². The van der Waals surface area contributed by atoms with E-state index in [0.29, 0.717) is 16.8 Å². The van der Waals surface area contributed by atoms with Crippen molar-refractivity contribution in [3.05, 3.63) is 41.7 Å². The number of carbonyl (C=O) groups is 1. The quantitative estimate of drug-likeness (QED) is 0.793. The minimum atomic E-state index is -3.73. The van der Waals surface area contributed by atoms with Crippen molar-refractivity contribution in [3.63, 3.8) is 0 Å². The monoisotopic (exact) mass is 323 g/mol. The van der Waals surface area contributed by atoms with Gasteiger partial charge in [0.05, 0.1) is 29.5 Å². The second-order valence-corrected chi connectivity index (χ2v) is 6.75. The van der Waals surface area contributed by atoms with Gasteiger partial charge in [-0.15, -0.1) is 0 Å². The van der Waals surface area contributed by atoms with Gasteiger partial charge in [0.25, 0.3) is 10.0 Å². The van der Waals surface area contributed by atoms with E-state index in [1.165, 1.54) is 43.2 Å². The maximum atomic E-state index is 12.7. The second kappa shape index (κ2) is 5.80. The first kappa shape index (κ1) is 16.0. The van der Waals surface area contributed by atoms with E-state index in [4.69, 9.17) is 0 Å². The molecular formula is C14H17N3O4S.